The number of anilines is 1. The van der Waals surface area contributed by atoms with Crippen LogP contribution in [0, 0.1) is 23.0 Å². The van der Waals surface area contributed by atoms with Gasteiger partial charge in [-0.15, -0.1) is 0 Å². The van der Waals surface area contributed by atoms with Crippen LogP contribution in [-0.4, -0.2) is 4.92 Å². The quantitative estimate of drug-likeness (QED) is 0.453. The number of nitrogens with one attached hydrogen (secondary N) is 1. The number of nitro benzene ring substituents is 1. The number of rotatable bonds is 2. The van der Waals surface area contributed by atoms with E-state index in [9.17, 15) is 10.1 Å². The van der Waals surface area contributed by atoms with E-state index >= 15 is 0 Å². The van der Waals surface area contributed by atoms with E-state index in [4.69, 9.17) is 11.6 Å². The van der Waals surface area contributed by atoms with Gasteiger partial charge < -0.3 is 5.32 Å². The summed E-state index contributed by atoms with van der Waals surface area (Å²) >= 11 is 6.48. The summed E-state index contributed by atoms with van der Waals surface area (Å²) < 4.78 is 0. The molecule has 0 spiro atoms. The highest BCUT2D eigenvalue weighted by molar-refractivity contribution is 6.32. The Hall–Kier alpha value is -2.33. The molecule has 0 aromatic heterocycles. The first-order chi connectivity index (χ1) is 11.6. The summed E-state index contributed by atoms with van der Waals surface area (Å²) in [5.41, 5.74) is 4.63. The van der Waals surface area contributed by atoms with Crippen LogP contribution >= 0.6 is 11.6 Å². The normalized spacial score (nSPS) is 24.2. The predicted octanol–water partition coefficient (Wildman–Crippen LogP) is 5.38. The van der Waals surface area contributed by atoms with Crippen molar-refractivity contribution >= 4 is 23.0 Å². The van der Waals surface area contributed by atoms with Crippen LogP contribution in [0.3, 0.4) is 0 Å². The van der Waals surface area contributed by atoms with Crippen molar-refractivity contribution in [2.45, 2.75) is 25.3 Å². The van der Waals surface area contributed by atoms with E-state index in [1.54, 1.807) is 12.1 Å². The van der Waals surface area contributed by atoms with Gasteiger partial charge in [0.15, 0.2) is 0 Å². The molecular weight excluding hydrogens is 324 g/mol. The van der Waals surface area contributed by atoms with E-state index in [2.05, 4.69) is 24.4 Å². The Kier molecular flexibility index (Phi) is 3.57. The zero-order chi connectivity index (χ0) is 16.8. The molecule has 0 saturated carbocycles. The van der Waals surface area contributed by atoms with Crippen LogP contribution in [0.5, 0.6) is 0 Å². The van der Waals surface area contributed by atoms with Crippen molar-refractivity contribution in [1.29, 1.82) is 0 Å². The summed E-state index contributed by atoms with van der Waals surface area (Å²) in [4.78, 5) is 10.5. The average Bonchev–Trinajstić information content (AvgIpc) is 3.07. The second-order valence-corrected chi connectivity index (χ2v) is 6.88. The second kappa shape index (κ2) is 5.64. The molecule has 0 radical (unpaired) electrons. The third-order valence-electron chi connectivity index (χ3n) is 5.14. The molecule has 4 rings (SSSR count). The lowest BCUT2D eigenvalue weighted by Crippen LogP contribution is -2.29. The molecule has 0 unspecified atom stereocenters. The molecular formula is C19H17ClN2O2. The van der Waals surface area contributed by atoms with Gasteiger partial charge in [0, 0.05) is 34.3 Å². The minimum absolute atomic E-state index is 0.121. The number of non-ortho nitro benzene ring substituents is 1. The molecule has 1 heterocycles. The third kappa shape index (κ3) is 2.29. The smallest absolute Gasteiger partial charge is 0.269 e. The van der Waals surface area contributed by atoms with E-state index in [1.165, 1.54) is 11.1 Å². The van der Waals surface area contributed by atoms with Crippen molar-refractivity contribution in [2.24, 2.45) is 5.92 Å². The van der Waals surface area contributed by atoms with Crippen molar-refractivity contribution < 1.29 is 4.92 Å². The molecule has 4 nitrogen and oxygen atoms in total. The summed E-state index contributed by atoms with van der Waals surface area (Å²) in [6.07, 6.45) is 5.43. The van der Waals surface area contributed by atoms with Crippen molar-refractivity contribution in [2.75, 3.05) is 5.32 Å². The fraction of sp³-hybridized carbons (Fsp3) is 0.263. The van der Waals surface area contributed by atoms with Gasteiger partial charge >= 0.3 is 0 Å². The van der Waals surface area contributed by atoms with Gasteiger partial charge in [-0.05, 0) is 36.5 Å². The number of aryl methyl sites for hydroxylation is 1. The molecule has 5 heteroatoms. The van der Waals surface area contributed by atoms with Crippen LogP contribution in [0.15, 0.2) is 48.6 Å². The fourth-order valence-electron chi connectivity index (χ4n) is 3.94. The van der Waals surface area contributed by atoms with Gasteiger partial charge in [-0.2, -0.15) is 0 Å². The third-order valence-corrected chi connectivity index (χ3v) is 5.47. The minimum Gasteiger partial charge on any atom is -0.377 e. The van der Waals surface area contributed by atoms with Crippen LogP contribution in [0.4, 0.5) is 11.4 Å². The molecule has 2 aromatic rings. The van der Waals surface area contributed by atoms with Gasteiger partial charge in [-0.25, -0.2) is 0 Å². The van der Waals surface area contributed by atoms with Gasteiger partial charge in [0.05, 0.1) is 11.0 Å². The Morgan fingerprint density at radius 2 is 1.96 bits per heavy atom. The first-order valence-corrected chi connectivity index (χ1v) is 8.40. The lowest BCUT2D eigenvalue weighted by molar-refractivity contribution is -0.384. The Labute approximate surface area is 145 Å². The topological polar surface area (TPSA) is 55.2 Å². The van der Waals surface area contributed by atoms with Crippen LogP contribution in [0.25, 0.3) is 0 Å². The van der Waals surface area contributed by atoms with E-state index in [0.717, 1.165) is 22.7 Å². The predicted molar refractivity (Wildman–Crippen MR) is 95.6 cm³/mol. The van der Waals surface area contributed by atoms with Crippen molar-refractivity contribution in [3.63, 3.8) is 0 Å². The molecule has 2 aromatic carbocycles. The summed E-state index contributed by atoms with van der Waals surface area (Å²) in [5.74, 6) is 0.659. The molecule has 0 bridgehead atoms. The highest BCUT2D eigenvalue weighted by atomic mass is 35.5. The molecule has 0 saturated heterocycles. The number of nitro groups is 1. The number of hydrogen-bond donors (Lipinski definition) is 1. The Balaban J connectivity index is 1.78. The van der Waals surface area contributed by atoms with Crippen LogP contribution in [0.2, 0.25) is 5.02 Å². The maximum atomic E-state index is 10.9. The van der Waals surface area contributed by atoms with Crippen molar-refractivity contribution in [3.05, 3.63) is 80.4 Å². The van der Waals surface area contributed by atoms with E-state index in [1.807, 2.05) is 24.3 Å². The number of fused-ring (bicyclic) bond motifs is 3. The van der Waals surface area contributed by atoms with Crippen molar-refractivity contribution in [1.82, 2.24) is 0 Å². The first kappa shape index (κ1) is 15.2. The fourth-order valence-corrected chi connectivity index (χ4v) is 4.23. The summed E-state index contributed by atoms with van der Waals surface area (Å²) in [6, 6.07) is 11.0. The Morgan fingerprint density at radius 1 is 1.21 bits per heavy atom. The minimum atomic E-state index is -0.364. The lowest BCUT2D eigenvalue weighted by Gasteiger charge is -2.38. The van der Waals surface area contributed by atoms with Crippen LogP contribution in [0.1, 0.15) is 35.1 Å². The number of hydrogen-bond acceptors (Lipinski definition) is 3. The summed E-state index contributed by atoms with van der Waals surface area (Å²) in [5, 5.41) is 15.3. The number of allylic oxidation sites excluding steroid dienone is 2. The second-order valence-electron chi connectivity index (χ2n) is 6.48. The zero-order valence-electron chi connectivity index (χ0n) is 13.2. The Morgan fingerprint density at radius 3 is 2.67 bits per heavy atom. The molecule has 1 N–H and O–H groups in total. The molecule has 0 fully saturated rings. The Bertz CT molecular complexity index is 845. The van der Waals surface area contributed by atoms with Gasteiger partial charge in [0.2, 0.25) is 0 Å². The zero-order valence-corrected chi connectivity index (χ0v) is 14.0. The van der Waals surface area contributed by atoms with E-state index < -0.39 is 0 Å². The van der Waals surface area contributed by atoms with Crippen LogP contribution < -0.4 is 5.32 Å². The number of benzene rings is 2. The van der Waals surface area contributed by atoms with Gasteiger partial charge in [0.1, 0.15) is 0 Å². The lowest BCUT2D eigenvalue weighted by atomic mass is 9.76. The molecule has 1 aliphatic carbocycles. The summed E-state index contributed by atoms with van der Waals surface area (Å²) in [7, 11) is 0. The molecule has 3 atom stereocenters. The number of halogens is 1. The standard InChI is InChI=1S/C19H17ClN2O2/c1-11-5-10-16(20)17-14-3-2-4-15(14)19(21-18(11)17)12-6-8-13(9-7-12)22(23)24/h2-3,5-10,14-15,19,21H,4H2,1H3/t14-,15+,19-/m0/s1. The maximum Gasteiger partial charge on any atom is 0.269 e. The number of nitrogens with zero attached hydrogens (tertiary/aromatic N) is 1. The largest absolute Gasteiger partial charge is 0.377 e. The van der Waals surface area contributed by atoms with Gasteiger partial charge in [-0.3, -0.25) is 10.1 Å². The SMILES string of the molecule is Cc1ccc(Cl)c2c1N[C@@H](c1ccc([N+](=O)[O-])cc1)[C@@H]1CC=C[C@H]21. The summed E-state index contributed by atoms with van der Waals surface area (Å²) in [6.45, 7) is 2.08. The van der Waals surface area contributed by atoms with E-state index in [-0.39, 0.29) is 22.6 Å². The molecule has 2 aliphatic rings. The van der Waals surface area contributed by atoms with Crippen LogP contribution in [-0.2, 0) is 0 Å². The highest BCUT2D eigenvalue weighted by Gasteiger charge is 2.39. The molecule has 24 heavy (non-hydrogen) atoms. The molecule has 1 aliphatic heterocycles. The first-order valence-electron chi connectivity index (χ1n) is 8.03. The van der Waals surface area contributed by atoms with Gasteiger partial charge in [-0.1, -0.05) is 42.0 Å². The molecule has 122 valence electrons. The molecule has 0 amide bonds. The van der Waals surface area contributed by atoms with E-state index in [0.29, 0.717) is 5.92 Å². The average molecular weight is 341 g/mol. The maximum absolute atomic E-state index is 10.9. The van der Waals surface area contributed by atoms with Gasteiger partial charge in [0.25, 0.3) is 5.69 Å². The monoisotopic (exact) mass is 340 g/mol. The highest BCUT2D eigenvalue weighted by Crippen LogP contribution is 2.52. The van der Waals surface area contributed by atoms with Crippen molar-refractivity contribution in [3.8, 4) is 0 Å².